The van der Waals surface area contributed by atoms with Crippen LogP contribution in [0.3, 0.4) is 0 Å². The third-order valence-electron chi connectivity index (χ3n) is 4.15. The monoisotopic (exact) mass is 285 g/mol. The molecule has 0 aromatic heterocycles. The van der Waals surface area contributed by atoms with Crippen LogP contribution in [0, 0.1) is 5.82 Å². The van der Waals surface area contributed by atoms with E-state index in [1.165, 1.54) is 0 Å². The van der Waals surface area contributed by atoms with Crippen LogP contribution in [0.15, 0.2) is 42.5 Å². The molecule has 1 fully saturated rings. The Morgan fingerprint density at radius 2 is 1.86 bits per heavy atom. The number of piperidine rings is 1. The highest BCUT2D eigenvalue weighted by Crippen LogP contribution is 2.34. The highest BCUT2D eigenvalue weighted by molar-refractivity contribution is 5.71. The van der Waals surface area contributed by atoms with Crippen molar-refractivity contribution in [2.75, 3.05) is 20.2 Å². The Bertz CT molecular complexity index is 620. The molecule has 0 aliphatic carbocycles. The summed E-state index contributed by atoms with van der Waals surface area (Å²) in [4.78, 5) is 0. The predicted octanol–water partition coefficient (Wildman–Crippen LogP) is 3.97. The summed E-state index contributed by atoms with van der Waals surface area (Å²) in [6.07, 6.45) is 2.13. The number of nitrogens with one attached hydrogen (secondary N) is 1. The Balaban J connectivity index is 2.01. The molecule has 1 saturated heterocycles. The molecule has 0 unspecified atom stereocenters. The number of para-hydroxylation sites is 1. The van der Waals surface area contributed by atoms with E-state index in [9.17, 15) is 4.39 Å². The van der Waals surface area contributed by atoms with Crippen molar-refractivity contribution in [2.24, 2.45) is 0 Å². The average Bonchev–Trinajstić information content (AvgIpc) is 2.55. The summed E-state index contributed by atoms with van der Waals surface area (Å²) in [5.41, 5.74) is 2.92. The molecule has 3 heteroatoms. The summed E-state index contributed by atoms with van der Waals surface area (Å²) < 4.78 is 19.4. The van der Waals surface area contributed by atoms with Crippen LogP contribution in [-0.4, -0.2) is 20.2 Å². The van der Waals surface area contributed by atoms with Crippen LogP contribution in [0.4, 0.5) is 4.39 Å². The standard InChI is InChI=1S/C18H20FNO/c1-21-18-5-3-2-4-17(18)15-10-14(11-16(19)12-15)13-6-8-20-9-7-13/h2-5,10-13,20H,6-9H2,1H3. The van der Waals surface area contributed by atoms with Gasteiger partial charge in [-0.2, -0.15) is 0 Å². The van der Waals surface area contributed by atoms with Crippen molar-refractivity contribution >= 4 is 0 Å². The summed E-state index contributed by atoms with van der Waals surface area (Å²) in [6.45, 7) is 2.01. The van der Waals surface area contributed by atoms with E-state index in [4.69, 9.17) is 4.74 Å². The molecule has 0 saturated carbocycles. The second-order valence-electron chi connectivity index (χ2n) is 5.50. The third-order valence-corrected chi connectivity index (χ3v) is 4.15. The van der Waals surface area contributed by atoms with Crippen LogP contribution in [0.1, 0.15) is 24.3 Å². The van der Waals surface area contributed by atoms with Crippen LogP contribution >= 0.6 is 0 Å². The van der Waals surface area contributed by atoms with Gasteiger partial charge in [0.2, 0.25) is 0 Å². The summed E-state index contributed by atoms with van der Waals surface area (Å²) in [6, 6.07) is 13.1. The molecular formula is C18H20FNO. The largest absolute Gasteiger partial charge is 0.496 e. The van der Waals surface area contributed by atoms with Gasteiger partial charge in [-0.1, -0.05) is 24.3 Å². The topological polar surface area (TPSA) is 21.3 Å². The van der Waals surface area contributed by atoms with Crippen molar-refractivity contribution in [1.29, 1.82) is 0 Å². The zero-order valence-corrected chi connectivity index (χ0v) is 12.2. The smallest absolute Gasteiger partial charge is 0.126 e. The number of halogens is 1. The number of ether oxygens (including phenoxy) is 1. The molecule has 0 amide bonds. The third kappa shape index (κ3) is 3.08. The van der Waals surface area contributed by atoms with Crippen molar-refractivity contribution in [3.63, 3.8) is 0 Å². The van der Waals surface area contributed by atoms with Crippen LogP contribution in [-0.2, 0) is 0 Å². The van der Waals surface area contributed by atoms with Gasteiger partial charge in [-0.15, -0.1) is 0 Å². The molecule has 2 aromatic rings. The fraction of sp³-hybridized carbons (Fsp3) is 0.333. The van der Waals surface area contributed by atoms with Crippen LogP contribution < -0.4 is 10.1 Å². The lowest BCUT2D eigenvalue weighted by Gasteiger charge is -2.23. The summed E-state index contributed by atoms with van der Waals surface area (Å²) in [5.74, 6) is 1.04. The van der Waals surface area contributed by atoms with Crippen molar-refractivity contribution in [2.45, 2.75) is 18.8 Å². The Morgan fingerprint density at radius 1 is 1.10 bits per heavy atom. The molecule has 21 heavy (non-hydrogen) atoms. The first-order chi connectivity index (χ1) is 10.3. The van der Waals surface area contributed by atoms with E-state index in [0.717, 1.165) is 48.4 Å². The highest BCUT2D eigenvalue weighted by atomic mass is 19.1. The van der Waals surface area contributed by atoms with Crippen molar-refractivity contribution in [1.82, 2.24) is 5.32 Å². The van der Waals surface area contributed by atoms with Gasteiger partial charge in [0, 0.05) is 5.56 Å². The number of rotatable bonds is 3. The quantitative estimate of drug-likeness (QED) is 0.921. The van der Waals surface area contributed by atoms with E-state index >= 15 is 0 Å². The molecule has 0 bridgehead atoms. The maximum Gasteiger partial charge on any atom is 0.126 e. The molecule has 110 valence electrons. The first-order valence-corrected chi connectivity index (χ1v) is 7.42. The van der Waals surface area contributed by atoms with Gasteiger partial charge in [0.1, 0.15) is 11.6 Å². The molecule has 1 aliphatic rings. The Labute approximate surface area is 125 Å². The first kappa shape index (κ1) is 14.1. The van der Waals surface area contributed by atoms with Gasteiger partial charge in [-0.3, -0.25) is 0 Å². The molecular weight excluding hydrogens is 265 g/mol. The van der Waals surface area contributed by atoms with E-state index in [0.29, 0.717) is 5.92 Å². The molecule has 2 aromatic carbocycles. The van der Waals surface area contributed by atoms with E-state index in [2.05, 4.69) is 11.4 Å². The van der Waals surface area contributed by atoms with E-state index in [1.54, 1.807) is 19.2 Å². The molecule has 1 N–H and O–H groups in total. The lowest BCUT2D eigenvalue weighted by atomic mass is 9.88. The molecule has 1 aliphatic heterocycles. The van der Waals surface area contributed by atoms with Gasteiger partial charge in [0.15, 0.2) is 0 Å². The van der Waals surface area contributed by atoms with Gasteiger partial charge in [0.25, 0.3) is 0 Å². The maximum atomic E-state index is 14.0. The Morgan fingerprint density at radius 3 is 2.62 bits per heavy atom. The Hall–Kier alpha value is -1.87. The van der Waals surface area contributed by atoms with Gasteiger partial charge in [-0.25, -0.2) is 4.39 Å². The molecule has 3 rings (SSSR count). The normalized spacial score (nSPS) is 15.9. The van der Waals surface area contributed by atoms with Crippen molar-refractivity contribution in [3.8, 4) is 16.9 Å². The average molecular weight is 285 g/mol. The number of hydrogen-bond donors (Lipinski definition) is 1. The summed E-state index contributed by atoms with van der Waals surface area (Å²) >= 11 is 0. The SMILES string of the molecule is COc1ccccc1-c1cc(F)cc(C2CCNCC2)c1. The molecule has 0 atom stereocenters. The Kier molecular flexibility index (Phi) is 4.20. The molecule has 0 spiro atoms. The second kappa shape index (κ2) is 6.27. The van der Waals surface area contributed by atoms with Crippen molar-refractivity contribution < 1.29 is 9.13 Å². The van der Waals surface area contributed by atoms with E-state index in [1.807, 2.05) is 24.3 Å². The van der Waals surface area contributed by atoms with Crippen molar-refractivity contribution in [3.05, 3.63) is 53.8 Å². The van der Waals surface area contributed by atoms with Gasteiger partial charge >= 0.3 is 0 Å². The van der Waals surface area contributed by atoms with Gasteiger partial charge in [-0.05, 0) is 61.2 Å². The predicted molar refractivity (Wildman–Crippen MR) is 83.2 cm³/mol. The fourth-order valence-corrected chi connectivity index (χ4v) is 3.04. The van der Waals surface area contributed by atoms with Crippen LogP contribution in [0.25, 0.3) is 11.1 Å². The van der Waals surface area contributed by atoms with Crippen LogP contribution in [0.2, 0.25) is 0 Å². The van der Waals surface area contributed by atoms with E-state index < -0.39 is 0 Å². The zero-order valence-electron chi connectivity index (χ0n) is 12.2. The minimum Gasteiger partial charge on any atom is -0.496 e. The van der Waals surface area contributed by atoms with Crippen LogP contribution in [0.5, 0.6) is 5.75 Å². The summed E-state index contributed by atoms with van der Waals surface area (Å²) in [5, 5.41) is 3.35. The number of benzene rings is 2. The zero-order chi connectivity index (χ0) is 14.7. The summed E-state index contributed by atoms with van der Waals surface area (Å²) in [7, 11) is 1.64. The fourth-order valence-electron chi connectivity index (χ4n) is 3.04. The minimum atomic E-state index is -0.174. The molecule has 0 radical (unpaired) electrons. The number of methoxy groups -OCH3 is 1. The maximum absolute atomic E-state index is 14.0. The van der Waals surface area contributed by atoms with Gasteiger partial charge in [0.05, 0.1) is 7.11 Å². The lowest BCUT2D eigenvalue weighted by molar-refractivity contribution is 0.416. The van der Waals surface area contributed by atoms with Gasteiger partial charge < -0.3 is 10.1 Å². The lowest BCUT2D eigenvalue weighted by Crippen LogP contribution is -2.26. The second-order valence-corrected chi connectivity index (χ2v) is 5.50. The molecule has 2 nitrogen and oxygen atoms in total. The number of hydrogen-bond acceptors (Lipinski definition) is 2. The minimum absolute atomic E-state index is 0.174. The highest BCUT2D eigenvalue weighted by Gasteiger charge is 2.17. The van der Waals surface area contributed by atoms with E-state index in [-0.39, 0.29) is 5.82 Å². The first-order valence-electron chi connectivity index (χ1n) is 7.42. The molecule has 1 heterocycles.